The Balaban J connectivity index is 1.98. The second-order valence-corrected chi connectivity index (χ2v) is 4.82. The van der Waals surface area contributed by atoms with Crippen LogP contribution in [0.15, 0.2) is 18.2 Å². The minimum absolute atomic E-state index is 0.0474. The first kappa shape index (κ1) is 14.4. The molecule has 1 fully saturated rings. The maximum absolute atomic E-state index is 13.8. The van der Waals surface area contributed by atoms with Crippen LogP contribution in [0.1, 0.15) is 12.5 Å². The molecule has 0 spiro atoms. The number of hydrogen-bond acceptors (Lipinski definition) is 4. The van der Waals surface area contributed by atoms with Gasteiger partial charge in [-0.05, 0) is 6.07 Å². The van der Waals surface area contributed by atoms with Crippen LogP contribution in [0.4, 0.5) is 10.1 Å². The Kier molecular flexibility index (Phi) is 4.29. The molecule has 0 unspecified atom stereocenters. The lowest BCUT2D eigenvalue weighted by Crippen LogP contribution is -2.47. The van der Waals surface area contributed by atoms with Crippen LogP contribution in [-0.2, 0) is 11.3 Å². The largest absolute Gasteiger partial charge is 0.340 e. The molecule has 1 aromatic carbocycles. The summed E-state index contributed by atoms with van der Waals surface area (Å²) < 4.78 is 13.8. The molecule has 20 heavy (non-hydrogen) atoms. The number of non-ortho nitro benzene ring substituents is 1. The van der Waals surface area contributed by atoms with Gasteiger partial charge in [0.05, 0.1) is 11.0 Å². The van der Waals surface area contributed by atoms with Crippen molar-refractivity contribution >= 4 is 11.6 Å². The average molecular weight is 281 g/mol. The van der Waals surface area contributed by atoms with E-state index in [0.29, 0.717) is 38.3 Å². The zero-order valence-electron chi connectivity index (χ0n) is 11.2. The second-order valence-electron chi connectivity index (χ2n) is 4.82. The van der Waals surface area contributed by atoms with Crippen molar-refractivity contribution in [2.24, 2.45) is 0 Å². The molecule has 0 atom stereocenters. The summed E-state index contributed by atoms with van der Waals surface area (Å²) in [6, 6.07) is 3.70. The van der Waals surface area contributed by atoms with Crippen LogP contribution < -0.4 is 0 Å². The molecule has 2 rings (SSSR count). The zero-order chi connectivity index (χ0) is 14.7. The minimum atomic E-state index is -0.613. The number of nitro benzene ring substituents is 1. The highest BCUT2D eigenvalue weighted by atomic mass is 19.1. The van der Waals surface area contributed by atoms with Crippen molar-refractivity contribution in [1.29, 1.82) is 0 Å². The maximum Gasteiger partial charge on any atom is 0.272 e. The van der Waals surface area contributed by atoms with E-state index in [1.54, 1.807) is 4.90 Å². The first-order chi connectivity index (χ1) is 9.47. The number of hydrogen-bond donors (Lipinski definition) is 0. The standard InChI is InChI=1S/C13H16FN3O3/c1-10(18)16-6-4-15(5-7-16)9-11-2-3-12(17(19)20)8-13(11)14/h2-3,8H,4-7,9H2,1H3. The summed E-state index contributed by atoms with van der Waals surface area (Å²) in [6.45, 7) is 4.54. The molecule has 1 aliphatic heterocycles. The van der Waals surface area contributed by atoms with Gasteiger partial charge in [-0.1, -0.05) is 0 Å². The zero-order valence-corrected chi connectivity index (χ0v) is 11.2. The summed E-state index contributed by atoms with van der Waals surface area (Å²) in [4.78, 5) is 24.9. The van der Waals surface area contributed by atoms with Crippen LogP contribution in [0.3, 0.4) is 0 Å². The topological polar surface area (TPSA) is 66.7 Å². The fraction of sp³-hybridized carbons (Fsp3) is 0.462. The molecule has 1 aromatic rings. The smallest absolute Gasteiger partial charge is 0.272 e. The van der Waals surface area contributed by atoms with Gasteiger partial charge in [0, 0.05) is 51.3 Å². The first-order valence-electron chi connectivity index (χ1n) is 6.38. The molecule has 0 radical (unpaired) electrons. The Morgan fingerprint density at radius 2 is 2.00 bits per heavy atom. The Bertz CT molecular complexity index is 528. The summed E-state index contributed by atoms with van der Waals surface area (Å²) in [5.74, 6) is -0.514. The SMILES string of the molecule is CC(=O)N1CCN(Cc2ccc([N+](=O)[O-])cc2F)CC1. The Morgan fingerprint density at radius 1 is 1.35 bits per heavy atom. The Labute approximate surface area is 115 Å². The summed E-state index contributed by atoms with van der Waals surface area (Å²) in [5.41, 5.74) is 0.194. The third kappa shape index (κ3) is 3.30. The van der Waals surface area contributed by atoms with Gasteiger partial charge in [-0.2, -0.15) is 0 Å². The van der Waals surface area contributed by atoms with Crippen molar-refractivity contribution < 1.29 is 14.1 Å². The van der Waals surface area contributed by atoms with Gasteiger partial charge in [0.25, 0.3) is 5.69 Å². The van der Waals surface area contributed by atoms with Crippen LogP contribution in [0, 0.1) is 15.9 Å². The molecule has 1 aliphatic rings. The molecule has 1 saturated heterocycles. The molecule has 0 saturated carbocycles. The van der Waals surface area contributed by atoms with Gasteiger partial charge in [-0.25, -0.2) is 4.39 Å². The van der Waals surface area contributed by atoms with Gasteiger partial charge in [0.2, 0.25) is 5.91 Å². The lowest BCUT2D eigenvalue weighted by molar-refractivity contribution is -0.385. The van der Waals surface area contributed by atoms with Crippen molar-refractivity contribution in [3.63, 3.8) is 0 Å². The lowest BCUT2D eigenvalue weighted by Gasteiger charge is -2.34. The number of amides is 1. The molecule has 0 N–H and O–H groups in total. The number of rotatable bonds is 3. The molecular formula is C13H16FN3O3. The first-order valence-corrected chi connectivity index (χ1v) is 6.38. The predicted octanol–water partition coefficient (Wildman–Crippen LogP) is 1.40. The number of piperazine rings is 1. The Morgan fingerprint density at radius 3 is 2.50 bits per heavy atom. The normalized spacial score (nSPS) is 16.2. The average Bonchev–Trinajstić information content (AvgIpc) is 2.41. The third-order valence-electron chi connectivity index (χ3n) is 3.46. The molecule has 7 heteroatoms. The van der Waals surface area contributed by atoms with Gasteiger partial charge in [0.1, 0.15) is 5.82 Å². The highest BCUT2D eigenvalue weighted by Crippen LogP contribution is 2.18. The monoisotopic (exact) mass is 281 g/mol. The summed E-state index contributed by atoms with van der Waals surface area (Å²) in [6.07, 6.45) is 0. The van der Waals surface area contributed by atoms with E-state index < -0.39 is 10.7 Å². The fourth-order valence-corrected chi connectivity index (χ4v) is 2.24. The van der Waals surface area contributed by atoms with Gasteiger partial charge >= 0.3 is 0 Å². The Hall–Kier alpha value is -2.02. The molecule has 1 amide bonds. The van der Waals surface area contributed by atoms with Gasteiger partial charge in [0.15, 0.2) is 0 Å². The molecule has 0 aromatic heterocycles. The van der Waals surface area contributed by atoms with E-state index in [9.17, 15) is 19.3 Å². The van der Waals surface area contributed by atoms with Crippen LogP contribution >= 0.6 is 0 Å². The molecule has 0 aliphatic carbocycles. The lowest BCUT2D eigenvalue weighted by atomic mass is 10.1. The molecule has 0 bridgehead atoms. The van der Waals surface area contributed by atoms with Crippen LogP contribution in [0.25, 0.3) is 0 Å². The van der Waals surface area contributed by atoms with E-state index >= 15 is 0 Å². The van der Waals surface area contributed by atoms with Crippen molar-refractivity contribution in [2.45, 2.75) is 13.5 Å². The second kappa shape index (κ2) is 5.96. The quantitative estimate of drug-likeness (QED) is 0.620. The fourth-order valence-electron chi connectivity index (χ4n) is 2.24. The molecule has 6 nitrogen and oxygen atoms in total. The van der Waals surface area contributed by atoms with Gasteiger partial charge in [-0.15, -0.1) is 0 Å². The van der Waals surface area contributed by atoms with E-state index in [4.69, 9.17) is 0 Å². The number of carbonyl (C=O) groups excluding carboxylic acids is 1. The number of halogens is 1. The van der Waals surface area contributed by atoms with Crippen molar-refractivity contribution in [3.05, 3.63) is 39.7 Å². The third-order valence-corrected chi connectivity index (χ3v) is 3.46. The highest BCUT2D eigenvalue weighted by Gasteiger charge is 2.20. The summed E-state index contributed by atoms with van der Waals surface area (Å²) >= 11 is 0. The predicted molar refractivity (Wildman–Crippen MR) is 70.6 cm³/mol. The molecule has 108 valence electrons. The molecular weight excluding hydrogens is 265 g/mol. The number of nitrogens with zero attached hydrogens (tertiary/aromatic N) is 3. The van der Waals surface area contributed by atoms with E-state index in [-0.39, 0.29) is 11.6 Å². The highest BCUT2D eigenvalue weighted by molar-refractivity contribution is 5.73. The summed E-state index contributed by atoms with van der Waals surface area (Å²) in [7, 11) is 0. The van der Waals surface area contributed by atoms with E-state index in [1.807, 2.05) is 4.90 Å². The molecule has 1 heterocycles. The minimum Gasteiger partial charge on any atom is -0.340 e. The van der Waals surface area contributed by atoms with Crippen molar-refractivity contribution in [3.8, 4) is 0 Å². The number of benzene rings is 1. The van der Waals surface area contributed by atoms with Gasteiger partial charge < -0.3 is 4.90 Å². The van der Waals surface area contributed by atoms with Crippen LogP contribution in [0.2, 0.25) is 0 Å². The number of nitro groups is 1. The van der Waals surface area contributed by atoms with Crippen LogP contribution in [-0.4, -0.2) is 46.8 Å². The van der Waals surface area contributed by atoms with Gasteiger partial charge in [-0.3, -0.25) is 19.8 Å². The maximum atomic E-state index is 13.8. The van der Waals surface area contributed by atoms with E-state index in [2.05, 4.69) is 0 Å². The van der Waals surface area contributed by atoms with Crippen LogP contribution in [0.5, 0.6) is 0 Å². The van der Waals surface area contributed by atoms with E-state index in [1.165, 1.54) is 19.1 Å². The van der Waals surface area contributed by atoms with Crippen molar-refractivity contribution in [1.82, 2.24) is 9.80 Å². The van der Waals surface area contributed by atoms with E-state index in [0.717, 1.165) is 6.07 Å². The number of carbonyl (C=O) groups is 1. The van der Waals surface area contributed by atoms with Crippen molar-refractivity contribution in [2.75, 3.05) is 26.2 Å². The summed E-state index contributed by atoms with van der Waals surface area (Å²) in [5, 5.41) is 10.5.